The molecule has 0 aliphatic rings. The van der Waals surface area contributed by atoms with E-state index in [-0.39, 0.29) is 30.4 Å². The average Bonchev–Trinajstić information content (AvgIpc) is 2.75. The molecule has 8 heteroatoms. The van der Waals surface area contributed by atoms with E-state index in [2.05, 4.69) is 15.6 Å². The van der Waals surface area contributed by atoms with E-state index >= 15 is 0 Å². The summed E-state index contributed by atoms with van der Waals surface area (Å²) in [4.78, 5) is 39.5. The van der Waals surface area contributed by atoms with Crippen LogP contribution in [0.15, 0.2) is 77.7 Å². The Morgan fingerprint density at radius 2 is 1.53 bits per heavy atom. The van der Waals surface area contributed by atoms with Crippen molar-refractivity contribution in [3.8, 4) is 5.75 Å². The zero-order chi connectivity index (χ0) is 20.6. The Hall–Kier alpha value is -3.58. The zero-order valence-corrected chi connectivity index (χ0v) is 16.8. The monoisotopic (exact) mass is 427 g/mol. The number of nitrogens with one attached hydrogen (secondary N) is 3. The second-order valence-electron chi connectivity index (χ2n) is 6.48. The van der Waals surface area contributed by atoms with Gasteiger partial charge in [-0.05, 0) is 11.1 Å². The molecule has 2 amide bonds. The second kappa shape index (κ2) is 10.8. The highest BCUT2D eigenvalue weighted by Crippen LogP contribution is 2.09. The van der Waals surface area contributed by atoms with Crippen molar-refractivity contribution in [2.75, 3.05) is 0 Å². The lowest BCUT2D eigenvalue weighted by Gasteiger charge is -2.19. The Balaban J connectivity index is 0.00000320. The number of pyridine rings is 1. The molecule has 0 bridgehead atoms. The normalized spacial score (nSPS) is 11.1. The maximum Gasteiger partial charge on any atom is 0.272 e. The number of carbonyl (C=O) groups excluding carboxylic acids is 2. The summed E-state index contributed by atoms with van der Waals surface area (Å²) in [5, 5.41) is 15.3. The fraction of sp³-hybridized carbons (Fsp3) is 0.136. The van der Waals surface area contributed by atoms with Gasteiger partial charge in [0.2, 0.25) is 11.3 Å². The molecule has 0 unspecified atom stereocenters. The van der Waals surface area contributed by atoms with Crippen molar-refractivity contribution in [2.24, 2.45) is 0 Å². The van der Waals surface area contributed by atoms with Gasteiger partial charge in [-0.25, -0.2) is 0 Å². The quantitative estimate of drug-likeness (QED) is 0.463. The lowest BCUT2D eigenvalue weighted by atomic mass is 10.0. The smallest absolute Gasteiger partial charge is 0.272 e. The van der Waals surface area contributed by atoms with E-state index < -0.39 is 23.1 Å². The highest BCUT2D eigenvalue weighted by atomic mass is 35.5. The number of halogens is 1. The van der Waals surface area contributed by atoms with E-state index in [9.17, 15) is 19.5 Å². The molecule has 0 saturated heterocycles. The Kier molecular flexibility index (Phi) is 8.19. The number of rotatable bonds is 7. The summed E-state index contributed by atoms with van der Waals surface area (Å²) in [6.45, 7) is 0.314. The van der Waals surface area contributed by atoms with Gasteiger partial charge in [-0.15, -0.1) is 12.4 Å². The SMILES string of the molecule is Cl.O=C(N[C@@H](Cc1ccccc1)C(=O)NCc1ccccc1)c1[nH]ccc(=O)c1O. The van der Waals surface area contributed by atoms with Crippen LogP contribution in [-0.4, -0.2) is 27.9 Å². The first-order chi connectivity index (χ1) is 14.0. The molecule has 156 valence electrons. The molecule has 7 nitrogen and oxygen atoms in total. The molecule has 0 radical (unpaired) electrons. The maximum atomic E-state index is 12.8. The van der Waals surface area contributed by atoms with Crippen molar-refractivity contribution in [2.45, 2.75) is 19.0 Å². The van der Waals surface area contributed by atoms with E-state index in [1.807, 2.05) is 60.7 Å². The summed E-state index contributed by atoms with van der Waals surface area (Å²) in [6.07, 6.45) is 1.52. The average molecular weight is 428 g/mol. The van der Waals surface area contributed by atoms with Crippen molar-refractivity contribution in [1.29, 1.82) is 0 Å². The number of hydrogen-bond donors (Lipinski definition) is 4. The van der Waals surface area contributed by atoms with Gasteiger partial charge in [-0.1, -0.05) is 60.7 Å². The topological polar surface area (TPSA) is 111 Å². The minimum Gasteiger partial charge on any atom is -0.503 e. The van der Waals surface area contributed by atoms with Crippen LogP contribution in [0.4, 0.5) is 0 Å². The van der Waals surface area contributed by atoms with Crippen LogP contribution in [0.1, 0.15) is 21.6 Å². The van der Waals surface area contributed by atoms with Gasteiger partial charge in [0.15, 0.2) is 11.4 Å². The predicted molar refractivity (Wildman–Crippen MR) is 116 cm³/mol. The fourth-order valence-corrected chi connectivity index (χ4v) is 2.84. The molecule has 1 heterocycles. The summed E-state index contributed by atoms with van der Waals surface area (Å²) in [5.74, 6) is -1.80. The van der Waals surface area contributed by atoms with Crippen molar-refractivity contribution in [3.63, 3.8) is 0 Å². The van der Waals surface area contributed by atoms with Crippen molar-refractivity contribution in [3.05, 3.63) is 100.0 Å². The van der Waals surface area contributed by atoms with E-state index in [4.69, 9.17) is 0 Å². The molecule has 1 aromatic heterocycles. The van der Waals surface area contributed by atoms with E-state index in [1.54, 1.807) is 0 Å². The van der Waals surface area contributed by atoms with Crippen LogP contribution < -0.4 is 16.1 Å². The van der Waals surface area contributed by atoms with Crippen molar-refractivity contribution in [1.82, 2.24) is 15.6 Å². The Bertz CT molecular complexity index is 1040. The summed E-state index contributed by atoms with van der Waals surface area (Å²) in [7, 11) is 0. The third kappa shape index (κ3) is 5.96. The van der Waals surface area contributed by atoms with Gasteiger partial charge in [0.25, 0.3) is 5.91 Å². The van der Waals surface area contributed by atoms with Gasteiger partial charge < -0.3 is 20.7 Å². The zero-order valence-electron chi connectivity index (χ0n) is 16.0. The minimum absolute atomic E-state index is 0. The number of aromatic nitrogens is 1. The highest BCUT2D eigenvalue weighted by molar-refractivity contribution is 5.98. The lowest BCUT2D eigenvalue weighted by Crippen LogP contribution is -2.48. The van der Waals surface area contributed by atoms with Crippen molar-refractivity contribution >= 4 is 24.2 Å². The minimum atomic E-state index is -0.892. The summed E-state index contributed by atoms with van der Waals surface area (Å²) in [6, 6.07) is 18.9. The van der Waals surface area contributed by atoms with Crippen LogP contribution in [0.5, 0.6) is 5.75 Å². The molecular formula is C22H22ClN3O4. The van der Waals surface area contributed by atoms with Crippen molar-refractivity contribution < 1.29 is 14.7 Å². The molecule has 3 aromatic rings. The Morgan fingerprint density at radius 3 is 2.17 bits per heavy atom. The lowest BCUT2D eigenvalue weighted by molar-refractivity contribution is -0.123. The third-order valence-corrected chi connectivity index (χ3v) is 4.37. The number of hydrogen-bond acceptors (Lipinski definition) is 4. The summed E-state index contributed by atoms with van der Waals surface area (Å²) >= 11 is 0. The molecule has 0 spiro atoms. The van der Waals surface area contributed by atoms with Gasteiger partial charge in [0.1, 0.15) is 6.04 Å². The first kappa shape index (κ1) is 22.7. The summed E-state index contributed by atoms with van der Waals surface area (Å²) < 4.78 is 0. The molecule has 3 rings (SSSR count). The van der Waals surface area contributed by atoms with E-state index in [0.717, 1.165) is 17.2 Å². The largest absolute Gasteiger partial charge is 0.503 e. The first-order valence-electron chi connectivity index (χ1n) is 9.11. The van der Waals surface area contributed by atoms with Gasteiger partial charge in [0, 0.05) is 25.2 Å². The molecule has 2 aromatic carbocycles. The third-order valence-electron chi connectivity index (χ3n) is 4.37. The van der Waals surface area contributed by atoms with Crippen LogP contribution in [-0.2, 0) is 17.8 Å². The molecule has 4 N–H and O–H groups in total. The summed E-state index contributed by atoms with van der Waals surface area (Å²) in [5.41, 5.74) is 0.822. The maximum absolute atomic E-state index is 12.8. The first-order valence-corrected chi connectivity index (χ1v) is 9.11. The van der Waals surface area contributed by atoms with Crippen LogP contribution in [0.3, 0.4) is 0 Å². The Morgan fingerprint density at radius 1 is 0.933 bits per heavy atom. The molecule has 0 aliphatic carbocycles. The highest BCUT2D eigenvalue weighted by Gasteiger charge is 2.24. The molecule has 0 saturated carbocycles. The van der Waals surface area contributed by atoms with Gasteiger partial charge in [0.05, 0.1) is 0 Å². The van der Waals surface area contributed by atoms with Gasteiger partial charge in [-0.2, -0.15) is 0 Å². The van der Waals surface area contributed by atoms with E-state index in [0.29, 0.717) is 6.54 Å². The number of aromatic amines is 1. The van der Waals surface area contributed by atoms with Crippen LogP contribution in [0.2, 0.25) is 0 Å². The molecule has 0 aliphatic heterocycles. The van der Waals surface area contributed by atoms with Gasteiger partial charge in [-0.3, -0.25) is 14.4 Å². The van der Waals surface area contributed by atoms with Crippen LogP contribution in [0.25, 0.3) is 0 Å². The number of H-pyrrole nitrogens is 1. The number of benzene rings is 2. The van der Waals surface area contributed by atoms with Gasteiger partial charge >= 0.3 is 0 Å². The van der Waals surface area contributed by atoms with Crippen LogP contribution in [0, 0.1) is 0 Å². The molecule has 1 atom stereocenters. The standard InChI is InChI=1S/C22H21N3O4.ClH/c26-18-11-12-23-19(20(18)27)22(29)25-17(13-15-7-3-1-4-8-15)21(28)24-14-16-9-5-2-6-10-16;/h1-12,17,27H,13-14H2,(H,23,26)(H,24,28)(H,25,29);1H/t17-;/m0./s1. The Labute approximate surface area is 179 Å². The number of aromatic hydroxyl groups is 1. The number of amides is 2. The molecule has 0 fully saturated rings. The fourth-order valence-electron chi connectivity index (χ4n) is 2.84. The van der Waals surface area contributed by atoms with E-state index in [1.165, 1.54) is 6.20 Å². The predicted octanol–water partition coefficient (Wildman–Crippen LogP) is 2.16. The second-order valence-corrected chi connectivity index (χ2v) is 6.48. The van der Waals surface area contributed by atoms with Crippen LogP contribution >= 0.6 is 12.4 Å². The number of carbonyl (C=O) groups is 2. The molecular weight excluding hydrogens is 406 g/mol. The molecule has 30 heavy (non-hydrogen) atoms.